The molecule has 0 aliphatic heterocycles. The summed E-state index contributed by atoms with van der Waals surface area (Å²) in [6, 6.07) is 13.9. The Bertz CT molecular complexity index is 957. The van der Waals surface area contributed by atoms with Crippen LogP contribution in [0.25, 0.3) is 11.3 Å². The van der Waals surface area contributed by atoms with Crippen molar-refractivity contribution in [1.29, 1.82) is 0 Å². The SMILES string of the molecule is CC(=O)Nc1cc(F)ccc1-c1csc(NC(=O)CCc2ccccc2)n1. The Hall–Kier alpha value is -3.06. The highest BCUT2D eigenvalue weighted by Crippen LogP contribution is 2.31. The topological polar surface area (TPSA) is 71.1 Å². The van der Waals surface area contributed by atoms with E-state index in [4.69, 9.17) is 0 Å². The number of carbonyl (C=O) groups excluding carboxylic acids is 2. The van der Waals surface area contributed by atoms with E-state index in [0.29, 0.717) is 34.9 Å². The van der Waals surface area contributed by atoms with Crippen molar-refractivity contribution in [2.75, 3.05) is 10.6 Å². The largest absolute Gasteiger partial charge is 0.326 e. The zero-order valence-corrected chi connectivity index (χ0v) is 15.5. The van der Waals surface area contributed by atoms with Crippen molar-refractivity contribution in [3.63, 3.8) is 0 Å². The van der Waals surface area contributed by atoms with E-state index in [9.17, 15) is 14.0 Å². The zero-order valence-electron chi connectivity index (χ0n) is 14.7. The summed E-state index contributed by atoms with van der Waals surface area (Å²) in [5, 5.41) is 7.60. The Kier molecular flexibility index (Phi) is 5.93. The maximum atomic E-state index is 13.5. The van der Waals surface area contributed by atoms with Gasteiger partial charge in [0, 0.05) is 24.3 Å². The van der Waals surface area contributed by atoms with Gasteiger partial charge in [-0.1, -0.05) is 30.3 Å². The number of nitrogens with one attached hydrogen (secondary N) is 2. The van der Waals surface area contributed by atoms with Gasteiger partial charge in [0.15, 0.2) is 5.13 Å². The summed E-state index contributed by atoms with van der Waals surface area (Å²) in [6.45, 7) is 1.36. The number of aromatic nitrogens is 1. The van der Waals surface area contributed by atoms with Gasteiger partial charge in [-0.2, -0.15) is 0 Å². The third kappa shape index (κ3) is 5.21. The van der Waals surface area contributed by atoms with Gasteiger partial charge in [-0.25, -0.2) is 9.37 Å². The van der Waals surface area contributed by atoms with Crippen molar-refractivity contribution in [3.05, 3.63) is 65.3 Å². The van der Waals surface area contributed by atoms with Crippen LogP contribution in [0.5, 0.6) is 0 Å². The summed E-state index contributed by atoms with van der Waals surface area (Å²) >= 11 is 1.28. The lowest BCUT2D eigenvalue weighted by molar-refractivity contribution is -0.116. The van der Waals surface area contributed by atoms with E-state index in [1.165, 1.54) is 30.4 Å². The molecule has 3 rings (SSSR count). The molecule has 27 heavy (non-hydrogen) atoms. The highest BCUT2D eigenvalue weighted by atomic mass is 32.1. The van der Waals surface area contributed by atoms with E-state index in [1.807, 2.05) is 30.3 Å². The van der Waals surface area contributed by atoms with Gasteiger partial charge in [0.25, 0.3) is 0 Å². The number of halogens is 1. The van der Waals surface area contributed by atoms with Crippen LogP contribution in [0.15, 0.2) is 53.9 Å². The van der Waals surface area contributed by atoms with Gasteiger partial charge in [-0.15, -0.1) is 11.3 Å². The summed E-state index contributed by atoms with van der Waals surface area (Å²) in [4.78, 5) is 27.9. The van der Waals surface area contributed by atoms with E-state index in [0.717, 1.165) is 5.56 Å². The van der Waals surface area contributed by atoms with Crippen LogP contribution < -0.4 is 10.6 Å². The Labute approximate surface area is 160 Å². The van der Waals surface area contributed by atoms with Crippen molar-refractivity contribution in [3.8, 4) is 11.3 Å². The van der Waals surface area contributed by atoms with Crippen LogP contribution in [-0.2, 0) is 16.0 Å². The Balaban J connectivity index is 1.68. The molecule has 2 aromatic carbocycles. The van der Waals surface area contributed by atoms with Crippen molar-refractivity contribution < 1.29 is 14.0 Å². The first-order valence-corrected chi connectivity index (χ1v) is 9.26. The average Bonchev–Trinajstić information content (AvgIpc) is 3.08. The number of nitrogens with zero attached hydrogens (tertiary/aromatic N) is 1. The van der Waals surface area contributed by atoms with Gasteiger partial charge < -0.3 is 10.6 Å². The second-order valence-corrected chi connectivity index (χ2v) is 6.80. The fourth-order valence-corrected chi connectivity index (χ4v) is 3.30. The third-order valence-electron chi connectivity index (χ3n) is 3.80. The first-order chi connectivity index (χ1) is 13.0. The lowest BCUT2D eigenvalue weighted by atomic mass is 10.1. The number of amides is 2. The highest BCUT2D eigenvalue weighted by Gasteiger charge is 2.13. The number of anilines is 2. The van der Waals surface area contributed by atoms with Crippen molar-refractivity contribution in [2.45, 2.75) is 19.8 Å². The summed E-state index contributed by atoms with van der Waals surface area (Å²) in [5.74, 6) is -0.875. The van der Waals surface area contributed by atoms with E-state index < -0.39 is 5.82 Å². The van der Waals surface area contributed by atoms with E-state index in [2.05, 4.69) is 15.6 Å². The molecule has 2 N–H and O–H groups in total. The Morgan fingerprint density at radius 1 is 1.11 bits per heavy atom. The quantitative estimate of drug-likeness (QED) is 0.659. The monoisotopic (exact) mass is 383 g/mol. The van der Waals surface area contributed by atoms with Crippen molar-refractivity contribution in [1.82, 2.24) is 4.98 Å². The van der Waals surface area contributed by atoms with Gasteiger partial charge in [0.1, 0.15) is 5.82 Å². The maximum Gasteiger partial charge on any atom is 0.226 e. The molecule has 1 aromatic heterocycles. The van der Waals surface area contributed by atoms with Crippen molar-refractivity contribution in [2.24, 2.45) is 0 Å². The minimum atomic E-state index is -0.452. The van der Waals surface area contributed by atoms with Gasteiger partial charge in [-0.05, 0) is 30.2 Å². The first-order valence-electron chi connectivity index (χ1n) is 8.38. The molecule has 7 heteroatoms. The molecule has 0 aliphatic rings. The lowest BCUT2D eigenvalue weighted by Crippen LogP contribution is -2.12. The Morgan fingerprint density at radius 3 is 2.63 bits per heavy atom. The van der Waals surface area contributed by atoms with Gasteiger partial charge in [0.2, 0.25) is 11.8 Å². The van der Waals surface area contributed by atoms with Gasteiger partial charge >= 0.3 is 0 Å². The van der Waals surface area contributed by atoms with Crippen LogP contribution in [0.2, 0.25) is 0 Å². The van der Waals surface area contributed by atoms with E-state index in [-0.39, 0.29) is 11.8 Å². The van der Waals surface area contributed by atoms with Gasteiger partial charge in [0.05, 0.1) is 11.4 Å². The molecule has 0 saturated heterocycles. The van der Waals surface area contributed by atoms with Crippen LogP contribution in [0, 0.1) is 5.82 Å². The molecule has 0 atom stereocenters. The standard InChI is InChI=1S/C20H18FN3O2S/c1-13(25)22-17-11-15(21)8-9-16(17)18-12-27-20(23-18)24-19(26)10-7-14-5-3-2-4-6-14/h2-6,8-9,11-12H,7,10H2,1H3,(H,22,25)(H,23,24,26). The number of hydrogen-bond donors (Lipinski definition) is 2. The normalized spacial score (nSPS) is 10.4. The van der Waals surface area contributed by atoms with Crippen LogP contribution >= 0.6 is 11.3 Å². The number of hydrogen-bond acceptors (Lipinski definition) is 4. The molecule has 138 valence electrons. The molecule has 2 amide bonds. The molecule has 3 aromatic rings. The third-order valence-corrected chi connectivity index (χ3v) is 4.56. The van der Waals surface area contributed by atoms with Crippen molar-refractivity contribution >= 4 is 34.0 Å². The predicted octanol–water partition coefficient (Wildman–Crippen LogP) is 4.48. The smallest absolute Gasteiger partial charge is 0.226 e. The minimum absolute atomic E-state index is 0.124. The Morgan fingerprint density at radius 2 is 1.89 bits per heavy atom. The van der Waals surface area contributed by atoms with E-state index in [1.54, 1.807) is 11.4 Å². The molecule has 0 fully saturated rings. The number of aryl methyl sites for hydroxylation is 1. The zero-order chi connectivity index (χ0) is 19.2. The summed E-state index contributed by atoms with van der Waals surface area (Å²) in [5.41, 5.74) is 2.59. The van der Waals surface area contributed by atoms with Gasteiger partial charge in [-0.3, -0.25) is 9.59 Å². The van der Waals surface area contributed by atoms with Crippen LogP contribution in [0.4, 0.5) is 15.2 Å². The second kappa shape index (κ2) is 8.55. The number of rotatable bonds is 6. The molecule has 1 heterocycles. The highest BCUT2D eigenvalue weighted by molar-refractivity contribution is 7.14. The average molecular weight is 383 g/mol. The molecule has 0 bridgehead atoms. The maximum absolute atomic E-state index is 13.5. The molecular weight excluding hydrogens is 365 g/mol. The summed E-state index contributed by atoms with van der Waals surface area (Å²) < 4.78 is 13.5. The molecule has 0 aliphatic carbocycles. The molecule has 0 spiro atoms. The summed E-state index contributed by atoms with van der Waals surface area (Å²) in [6.07, 6.45) is 1.00. The molecule has 0 saturated carbocycles. The van der Waals surface area contributed by atoms with Crippen LogP contribution in [0.1, 0.15) is 18.9 Å². The minimum Gasteiger partial charge on any atom is -0.326 e. The number of carbonyl (C=O) groups is 2. The fraction of sp³-hybridized carbons (Fsp3) is 0.150. The number of benzene rings is 2. The van der Waals surface area contributed by atoms with E-state index >= 15 is 0 Å². The van der Waals surface area contributed by atoms with Crippen LogP contribution in [0.3, 0.4) is 0 Å². The summed E-state index contributed by atoms with van der Waals surface area (Å²) in [7, 11) is 0. The van der Waals surface area contributed by atoms with Crippen LogP contribution in [-0.4, -0.2) is 16.8 Å². The predicted molar refractivity (Wildman–Crippen MR) is 105 cm³/mol. The second-order valence-electron chi connectivity index (χ2n) is 5.94. The molecular formula is C20H18FN3O2S. The number of thiazole rings is 1. The lowest BCUT2D eigenvalue weighted by Gasteiger charge is -2.08. The molecule has 5 nitrogen and oxygen atoms in total. The molecule has 0 unspecified atom stereocenters. The molecule has 0 radical (unpaired) electrons. The fourth-order valence-electron chi connectivity index (χ4n) is 2.57. The first kappa shape index (κ1) is 18.7.